The van der Waals surface area contributed by atoms with E-state index in [1.165, 1.54) is 0 Å². The Balaban J connectivity index is 2.81. The molecular weight excluding hydrogens is 246 g/mol. The molecule has 1 aromatic rings. The summed E-state index contributed by atoms with van der Waals surface area (Å²) in [5.41, 5.74) is 0.857. The standard InChI is InChI=1S/C10H12BrNO2/c1-12(10(13)7-11)8-3-5-9(14-2)6-4-8/h3-6H,7H2,1-2H3. The van der Waals surface area contributed by atoms with Crippen LogP contribution < -0.4 is 9.64 Å². The molecule has 1 aromatic carbocycles. The van der Waals surface area contributed by atoms with Crippen molar-refractivity contribution in [3.8, 4) is 5.75 Å². The predicted octanol–water partition coefficient (Wildman–Crippen LogP) is 2.05. The molecule has 76 valence electrons. The zero-order valence-corrected chi connectivity index (χ0v) is 9.74. The fourth-order valence-corrected chi connectivity index (χ4v) is 1.42. The molecule has 0 aromatic heterocycles. The number of nitrogens with zero attached hydrogens (tertiary/aromatic N) is 1. The molecule has 0 aliphatic carbocycles. The third kappa shape index (κ3) is 2.48. The highest BCUT2D eigenvalue weighted by Gasteiger charge is 2.08. The van der Waals surface area contributed by atoms with Crippen molar-refractivity contribution in [3.63, 3.8) is 0 Å². The van der Waals surface area contributed by atoms with Gasteiger partial charge in [-0.15, -0.1) is 0 Å². The molecule has 0 aliphatic heterocycles. The van der Waals surface area contributed by atoms with E-state index < -0.39 is 0 Å². The lowest BCUT2D eigenvalue weighted by Gasteiger charge is -2.16. The van der Waals surface area contributed by atoms with Gasteiger partial charge in [0.25, 0.3) is 0 Å². The normalized spacial score (nSPS) is 9.64. The minimum atomic E-state index is 0.0233. The zero-order valence-electron chi connectivity index (χ0n) is 8.16. The first-order chi connectivity index (χ1) is 6.69. The molecule has 14 heavy (non-hydrogen) atoms. The minimum Gasteiger partial charge on any atom is -0.497 e. The molecule has 0 atom stereocenters. The summed E-state index contributed by atoms with van der Waals surface area (Å²) >= 11 is 3.12. The average molecular weight is 258 g/mol. The summed E-state index contributed by atoms with van der Waals surface area (Å²) in [5.74, 6) is 0.809. The van der Waals surface area contributed by atoms with Crippen molar-refractivity contribution in [2.75, 3.05) is 24.4 Å². The monoisotopic (exact) mass is 257 g/mol. The van der Waals surface area contributed by atoms with E-state index in [0.29, 0.717) is 5.33 Å². The predicted molar refractivity (Wildman–Crippen MR) is 60.2 cm³/mol. The lowest BCUT2D eigenvalue weighted by molar-refractivity contribution is -0.115. The first-order valence-electron chi connectivity index (χ1n) is 4.15. The third-order valence-corrected chi connectivity index (χ3v) is 2.43. The zero-order chi connectivity index (χ0) is 10.6. The van der Waals surface area contributed by atoms with Gasteiger partial charge in [0.05, 0.1) is 12.4 Å². The Bertz CT molecular complexity index is 310. The fourth-order valence-electron chi connectivity index (χ4n) is 1.04. The summed E-state index contributed by atoms with van der Waals surface area (Å²) < 4.78 is 5.02. The second kappa shape index (κ2) is 5.00. The molecule has 1 rings (SSSR count). The van der Waals surface area contributed by atoms with Crippen LogP contribution in [0.5, 0.6) is 5.75 Å². The van der Waals surface area contributed by atoms with E-state index in [0.717, 1.165) is 11.4 Å². The molecule has 0 bridgehead atoms. The molecule has 1 amide bonds. The van der Waals surface area contributed by atoms with Gasteiger partial charge in [0.2, 0.25) is 5.91 Å². The van der Waals surface area contributed by atoms with Gasteiger partial charge in [-0.1, -0.05) is 15.9 Å². The van der Waals surface area contributed by atoms with Crippen LogP contribution in [0.4, 0.5) is 5.69 Å². The highest BCUT2D eigenvalue weighted by molar-refractivity contribution is 9.09. The number of amides is 1. The van der Waals surface area contributed by atoms with E-state index in [9.17, 15) is 4.79 Å². The largest absolute Gasteiger partial charge is 0.497 e. The van der Waals surface area contributed by atoms with Gasteiger partial charge in [0.1, 0.15) is 5.75 Å². The summed E-state index contributed by atoms with van der Waals surface area (Å²) in [4.78, 5) is 12.9. The van der Waals surface area contributed by atoms with Crippen LogP contribution in [-0.4, -0.2) is 25.4 Å². The third-order valence-electron chi connectivity index (χ3n) is 1.95. The van der Waals surface area contributed by atoms with Gasteiger partial charge in [-0.25, -0.2) is 0 Å². The maximum Gasteiger partial charge on any atom is 0.237 e. The Morgan fingerprint density at radius 1 is 1.43 bits per heavy atom. The number of alkyl halides is 1. The minimum absolute atomic E-state index is 0.0233. The lowest BCUT2D eigenvalue weighted by atomic mass is 10.3. The quantitative estimate of drug-likeness (QED) is 0.776. The lowest BCUT2D eigenvalue weighted by Crippen LogP contribution is -2.26. The number of benzene rings is 1. The van der Waals surface area contributed by atoms with Crippen molar-refractivity contribution in [3.05, 3.63) is 24.3 Å². The first-order valence-corrected chi connectivity index (χ1v) is 5.27. The number of hydrogen-bond donors (Lipinski definition) is 0. The van der Waals surface area contributed by atoms with E-state index in [-0.39, 0.29) is 5.91 Å². The summed E-state index contributed by atoms with van der Waals surface area (Å²) in [7, 11) is 3.35. The van der Waals surface area contributed by atoms with Gasteiger partial charge < -0.3 is 9.64 Å². The first kappa shape index (κ1) is 11.0. The molecule has 0 saturated heterocycles. The maximum atomic E-state index is 11.3. The molecular formula is C10H12BrNO2. The molecule has 0 radical (unpaired) electrons. The summed E-state index contributed by atoms with van der Waals surface area (Å²) in [6, 6.07) is 7.35. The van der Waals surface area contributed by atoms with E-state index in [2.05, 4.69) is 15.9 Å². The molecule has 0 fully saturated rings. The number of anilines is 1. The Kier molecular flexibility index (Phi) is 3.95. The second-order valence-electron chi connectivity index (χ2n) is 2.78. The van der Waals surface area contributed by atoms with Crippen LogP contribution in [0.1, 0.15) is 0 Å². The smallest absolute Gasteiger partial charge is 0.237 e. The van der Waals surface area contributed by atoms with Gasteiger partial charge in [0, 0.05) is 12.7 Å². The van der Waals surface area contributed by atoms with Crippen molar-refractivity contribution in [2.24, 2.45) is 0 Å². The number of carbonyl (C=O) groups excluding carboxylic acids is 1. The highest BCUT2D eigenvalue weighted by atomic mass is 79.9. The Labute approximate surface area is 91.8 Å². The van der Waals surface area contributed by atoms with Crippen LogP contribution in [0.3, 0.4) is 0 Å². The number of carbonyl (C=O) groups is 1. The molecule has 0 unspecified atom stereocenters. The average Bonchev–Trinajstić information content (AvgIpc) is 2.27. The molecule has 0 saturated carbocycles. The molecule has 4 heteroatoms. The van der Waals surface area contributed by atoms with E-state index in [1.807, 2.05) is 24.3 Å². The number of ether oxygens (including phenoxy) is 1. The Hall–Kier alpha value is -1.03. The fraction of sp³-hybridized carbons (Fsp3) is 0.300. The second-order valence-corrected chi connectivity index (χ2v) is 3.35. The number of halogens is 1. The summed E-state index contributed by atoms with van der Waals surface area (Å²) in [6.45, 7) is 0. The Morgan fingerprint density at radius 3 is 2.43 bits per heavy atom. The number of methoxy groups -OCH3 is 1. The topological polar surface area (TPSA) is 29.5 Å². The van der Waals surface area contributed by atoms with Crippen molar-refractivity contribution in [2.45, 2.75) is 0 Å². The van der Waals surface area contributed by atoms with Crippen LogP contribution in [-0.2, 0) is 4.79 Å². The Morgan fingerprint density at radius 2 is 2.00 bits per heavy atom. The molecule has 0 N–H and O–H groups in total. The van der Waals surface area contributed by atoms with Crippen LogP contribution in [0.25, 0.3) is 0 Å². The van der Waals surface area contributed by atoms with Gasteiger partial charge in [0.15, 0.2) is 0 Å². The van der Waals surface area contributed by atoms with Gasteiger partial charge >= 0.3 is 0 Å². The van der Waals surface area contributed by atoms with E-state index in [1.54, 1.807) is 19.1 Å². The maximum absolute atomic E-state index is 11.3. The van der Waals surface area contributed by atoms with Crippen molar-refractivity contribution >= 4 is 27.5 Å². The van der Waals surface area contributed by atoms with Crippen LogP contribution in [0.15, 0.2) is 24.3 Å². The SMILES string of the molecule is COc1ccc(N(C)C(=O)CBr)cc1. The molecule has 0 spiro atoms. The summed E-state index contributed by atoms with van der Waals surface area (Å²) in [5, 5.41) is 0.329. The van der Waals surface area contributed by atoms with Crippen LogP contribution >= 0.6 is 15.9 Å². The van der Waals surface area contributed by atoms with Crippen molar-refractivity contribution < 1.29 is 9.53 Å². The van der Waals surface area contributed by atoms with E-state index >= 15 is 0 Å². The van der Waals surface area contributed by atoms with Crippen LogP contribution in [0, 0.1) is 0 Å². The molecule has 0 aliphatic rings. The van der Waals surface area contributed by atoms with Gasteiger partial charge in [-0.3, -0.25) is 4.79 Å². The van der Waals surface area contributed by atoms with Crippen LogP contribution in [0.2, 0.25) is 0 Å². The summed E-state index contributed by atoms with van der Waals surface area (Å²) in [6.07, 6.45) is 0. The molecule has 0 heterocycles. The number of rotatable bonds is 3. The van der Waals surface area contributed by atoms with Gasteiger partial charge in [-0.2, -0.15) is 0 Å². The molecule has 3 nitrogen and oxygen atoms in total. The van der Waals surface area contributed by atoms with Gasteiger partial charge in [-0.05, 0) is 24.3 Å². The van der Waals surface area contributed by atoms with Crippen molar-refractivity contribution in [1.29, 1.82) is 0 Å². The van der Waals surface area contributed by atoms with E-state index in [4.69, 9.17) is 4.74 Å². The number of hydrogen-bond acceptors (Lipinski definition) is 2. The van der Waals surface area contributed by atoms with Crippen molar-refractivity contribution in [1.82, 2.24) is 0 Å². The highest BCUT2D eigenvalue weighted by Crippen LogP contribution is 2.18.